The van der Waals surface area contributed by atoms with Gasteiger partial charge in [-0.25, -0.2) is 5.84 Å². The first-order valence-electron chi connectivity index (χ1n) is 9.65. The van der Waals surface area contributed by atoms with E-state index in [0.717, 1.165) is 29.6 Å². The van der Waals surface area contributed by atoms with Crippen molar-refractivity contribution in [3.05, 3.63) is 83.0 Å². The Bertz CT molecular complexity index is 842. The zero-order valence-electron chi connectivity index (χ0n) is 18.2. The topological polar surface area (TPSA) is 67.8 Å². The Kier molecular flexibility index (Phi) is 10.6. The second-order valence-electron chi connectivity index (χ2n) is 6.70. The Balaban J connectivity index is 3.59. The van der Waals surface area contributed by atoms with Gasteiger partial charge in [0.1, 0.15) is 10.9 Å². The molecule has 0 aliphatic heterocycles. The molecule has 0 aliphatic rings. The lowest BCUT2D eigenvalue weighted by molar-refractivity contribution is 0.282. The standard InChI is InChI=1S/C23H32Cl2N4O/c1-7-10-18(22(30-6)14-28(5)20(9-3)16(4)8-2)19-13-17(24)11-12-21(19)29(27)15-23(25)26/h7,10-15,20H,1,4,8-9,26-27H2,2-3,5-6H3/b18-10-,22-14+,23-15-. The van der Waals surface area contributed by atoms with Crippen molar-refractivity contribution in [2.75, 3.05) is 19.2 Å². The van der Waals surface area contributed by atoms with Gasteiger partial charge in [0.2, 0.25) is 0 Å². The molecule has 5 nitrogen and oxygen atoms in total. The van der Waals surface area contributed by atoms with Gasteiger partial charge in [-0.15, -0.1) is 0 Å². The van der Waals surface area contributed by atoms with Gasteiger partial charge in [-0.05, 0) is 31.0 Å². The number of halogens is 2. The van der Waals surface area contributed by atoms with Gasteiger partial charge >= 0.3 is 0 Å². The van der Waals surface area contributed by atoms with Crippen molar-refractivity contribution >= 4 is 34.5 Å². The van der Waals surface area contributed by atoms with Crippen LogP contribution in [0.5, 0.6) is 0 Å². The molecule has 0 spiro atoms. The van der Waals surface area contributed by atoms with E-state index in [4.69, 9.17) is 39.5 Å². The summed E-state index contributed by atoms with van der Waals surface area (Å²) < 4.78 is 5.76. The highest BCUT2D eigenvalue weighted by atomic mass is 35.5. The summed E-state index contributed by atoms with van der Waals surface area (Å²) in [6.45, 7) is 12.3. The van der Waals surface area contributed by atoms with Crippen LogP contribution in [0.15, 0.2) is 72.4 Å². The molecule has 0 saturated carbocycles. The smallest absolute Gasteiger partial charge is 0.142 e. The van der Waals surface area contributed by atoms with E-state index < -0.39 is 0 Å². The molecule has 0 saturated heterocycles. The fourth-order valence-corrected chi connectivity index (χ4v) is 3.46. The Labute approximate surface area is 190 Å². The molecule has 1 rings (SSSR count). The molecule has 4 N–H and O–H groups in total. The maximum atomic E-state index is 6.30. The Hall–Kier alpha value is -2.34. The van der Waals surface area contributed by atoms with Crippen molar-refractivity contribution in [3.8, 4) is 0 Å². The summed E-state index contributed by atoms with van der Waals surface area (Å²) in [6, 6.07) is 5.52. The van der Waals surface area contributed by atoms with Gasteiger partial charge in [0.15, 0.2) is 0 Å². The summed E-state index contributed by atoms with van der Waals surface area (Å²) in [7, 11) is 3.62. The minimum Gasteiger partial charge on any atom is -0.495 e. The number of methoxy groups -OCH3 is 1. The molecule has 0 aliphatic carbocycles. The number of benzene rings is 1. The van der Waals surface area contributed by atoms with Crippen LogP contribution >= 0.6 is 23.2 Å². The molecular weight excluding hydrogens is 419 g/mol. The molecule has 7 heteroatoms. The molecule has 0 fully saturated rings. The van der Waals surface area contributed by atoms with Crippen LogP contribution in [0.2, 0.25) is 5.02 Å². The average molecular weight is 451 g/mol. The number of likely N-dealkylation sites (N-methyl/N-ethyl adjacent to an activating group) is 1. The van der Waals surface area contributed by atoms with Gasteiger partial charge in [-0.3, -0.25) is 5.01 Å². The molecule has 0 heterocycles. The average Bonchev–Trinajstić information content (AvgIpc) is 2.70. The fourth-order valence-electron chi connectivity index (χ4n) is 3.18. The minimum absolute atomic E-state index is 0.0544. The number of anilines is 1. The predicted molar refractivity (Wildman–Crippen MR) is 131 cm³/mol. The fraction of sp³-hybridized carbons (Fsp3) is 0.304. The largest absolute Gasteiger partial charge is 0.495 e. The lowest BCUT2D eigenvalue weighted by atomic mass is 10.00. The molecule has 30 heavy (non-hydrogen) atoms. The van der Waals surface area contributed by atoms with Crippen molar-refractivity contribution < 1.29 is 4.74 Å². The number of hydrazine groups is 1. The van der Waals surface area contributed by atoms with Crippen LogP contribution < -0.4 is 16.6 Å². The number of nitrogens with zero attached hydrogens (tertiary/aromatic N) is 2. The maximum absolute atomic E-state index is 6.30. The van der Waals surface area contributed by atoms with Gasteiger partial charge in [0, 0.05) is 35.4 Å². The quantitative estimate of drug-likeness (QED) is 0.112. The summed E-state index contributed by atoms with van der Waals surface area (Å²) in [5, 5.41) is 1.95. The number of hydrogen-bond acceptors (Lipinski definition) is 5. The van der Waals surface area contributed by atoms with Crippen LogP contribution in [-0.4, -0.2) is 25.1 Å². The van der Waals surface area contributed by atoms with E-state index in [9.17, 15) is 0 Å². The van der Waals surface area contributed by atoms with Crippen molar-refractivity contribution in [1.29, 1.82) is 0 Å². The molecule has 0 bridgehead atoms. The molecule has 0 aromatic heterocycles. The third-order valence-electron chi connectivity index (χ3n) is 4.68. The van der Waals surface area contributed by atoms with Gasteiger partial charge < -0.3 is 15.4 Å². The zero-order chi connectivity index (χ0) is 22.8. The van der Waals surface area contributed by atoms with Crippen LogP contribution in [0.4, 0.5) is 5.69 Å². The van der Waals surface area contributed by atoms with E-state index in [1.807, 2.05) is 19.3 Å². The molecule has 1 atom stereocenters. The van der Waals surface area contributed by atoms with Crippen LogP contribution in [0, 0.1) is 0 Å². The monoisotopic (exact) mass is 450 g/mol. The number of nitrogens with two attached hydrogens (primary N) is 2. The van der Waals surface area contributed by atoms with E-state index in [1.165, 1.54) is 11.2 Å². The highest BCUT2D eigenvalue weighted by Gasteiger charge is 2.19. The SMILES string of the molecule is C=C/C=C(\C(=C/N(C)C(CC)C(=C)CC)OC)c1cc(Cl)ccc1N(N)/C=C(\N)Cl. The lowest BCUT2D eigenvalue weighted by Gasteiger charge is -2.29. The van der Waals surface area contributed by atoms with Gasteiger partial charge in [-0.2, -0.15) is 0 Å². The van der Waals surface area contributed by atoms with Gasteiger partial charge in [0.25, 0.3) is 0 Å². The number of allylic oxidation sites excluding steroid dienone is 3. The van der Waals surface area contributed by atoms with E-state index in [-0.39, 0.29) is 11.2 Å². The van der Waals surface area contributed by atoms with Crippen molar-refractivity contribution in [1.82, 2.24) is 4.90 Å². The Morgan fingerprint density at radius 1 is 1.30 bits per heavy atom. The summed E-state index contributed by atoms with van der Waals surface area (Å²) in [4.78, 5) is 2.10. The van der Waals surface area contributed by atoms with Crippen molar-refractivity contribution in [2.45, 2.75) is 32.7 Å². The van der Waals surface area contributed by atoms with E-state index in [2.05, 4.69) is 31.9 Å². The first kappa shape index (κ1) is 25.7. The highest BCUT2D eigenvalue weighted by Crippen LogP contribution is 2.34. The summed E-state index contributed by atoms with van der Waals surface area (Å²) in [5.74, 6) is 6.79. The van der Waals surface area contributed by atoms with Crippen LogP contribution in [0.25, 0.3) is 5.57 Å². The first-order valence-corrected chi connectivity index (χ1v) is 10.4. The zero-order valence-corrected chi connectivity index (χ0v) is 19.7. The normalized spacial score (nSPS) is 13.6. The Morgan fingerprint density at radius 3 is 2.47 bits per heavy atom. The van der Waals surface area contributed by atoms with E-state index in [0.29, 0.717) is 16.5 Å². The number of hydrogen-bond donors (Lipinski definition) is 2. The molecular formula is C23H32Cl2N4O. The van der Waals surface area contributed by atoms with Crippen LogP contribution in [0.3, 0.4) is 0 Å². The number of rotatable bonds is 11. The Morgan fingerprint density at radius 2 is 1.97 bits per heavy atom. The highest BCUT2D eigenvalue weighted by molar-refractivity contribution is 6.31. The molecule has 0 radical (unpaired) electrons. The van der Waals surface area contributed by atoms with Gasteiger partial charge in [0.05, 0.1) is 19.0 Å². The van der Waals surface area contributed by atoms with Crippen molar-refractivity contribution in [2.24, 2.45) is 11.6 Å². The van der Waals surface area contributed by atoms with E-state index in [1.54, 1.807) is 31.4 Å². The predicted octanol–water partition coefficient (Wildman–Crippen LogP) is 5.75. The molecule has 1 unspecified atom stereocenters. The second-order valence-corrected chi connectivity index (χ2v) is 7.57. The molecule has 1 aromatic rings. The van der Waals surface area contributed by atoms with Crippen molar-refractivity contribution in [3.63, 3.8) is 0 Å². The minimum atomic E-state index is 0.0544. The summed E-state index contributed by atoms with van der Waals surface area (Å²) in [6.07, 6.45) is 8.72. The molecule has 164 valence electrons. The van der Waals surface area contributed by atoms with Gasteiger partial charge in [-0.1, -0.05) is 67.9 Å². The molecule has 1 aromatic carbocycles. The second kappa shape index (κ2) is 12.4. The summed E-state index contributed by atoms with van der Waals surface area (Å²) in [5.41, 5.74) is 8.88. The maximum Gasteiger partial charge on any atom is 0.142 e. The third kappa shape index (κ3) is 6.87. The summed E-state index contributed by atoms with van der Waals surface area (Å²) >= 11 is 12.1. The third-order valence-corrected chi connectivity index (χ3v) is 5.02. The van der Waals surface area contributed by atoms with E-state index >= 15 is 0 Å². The number of ether oxygens (including phenoxy) is 1. The van der Waals surface area contributed by atoms with Crippen LogP contribution in [-0.2, 0) is 4.74 Å². The van der Waals surface area contributed by atoms with Crippen LogP contribution in [0.1, 0.15) is 32.3 Å². The molecule has 0 amide bonds. The first-order chi connectivity index (χ1) is 14.2. The lowest BCUT2D eigenvalue weighted by Crippen LogP contribution is -2.29.